The molecule has 2 bridgehead atoms. The summed E-state index contributed by atoms with van der Waals surface area (Å²) >= 11 is 13.1. The summed E-state index contributed by atoms with van der Waals surface area (Å²) in [7, 11) is 0. The van der Waals surface area contributed by atoms with Crippen molar-refractivity contribution in [2.45, 2.75) is 82.7 Å². The Bertz CT molecular complexity index is 2370. The zero-order valence-electron chi connectivity index (χ0n) is 29.8. The lowest BCUT2D eigenvalue weighted by Crippen LogP contribution is -2.41. The molecule has 6 heterocycles. The molecule has 2 aliphatic carbocycles. The van der Waals surface area contributed by atoms with E-state index in [4.69, 9.17) is 32.9 Å². The fourth-order valence-corrected chi connectivity index (χ4v) is 9.48. The number of nitriles is 1. The Morgan fingerprint density at radius 1 is 1.15 bits per heavy atom. The van der Waals surface area contributed by atoms with Gasteiger partial charge in [-0.2, -0.15) is 5.26 Å². The minimum atomic E-state index is -1.06. The standard InChI is InChI=1S/C41H38Cl2F2N6O3/c1-19-11-24(44)14-33(48-19)54-25-15-31(50(18-25)41(53)21-8-9-21)32-16-28-37(20(2)52)49-38-27(40(28)51(32)39-23-13-30(39)47-17-23)12-22(5-4-10-46)34(36(38)45)26-6-3-7-29(42)35(26)43/h3,6-7,11-12,14,16,20-21,23,25,30-31,39,47,52H,4-5,8-9,13,15,17-18H2,1-2H3/t20-,23-,25+,30-,31-,39+/m1/s1. The maximum Gasteiger partial charge on any atom is 0.226 e. The molecule has 5 aromatic rings. The number of ether oxygens (including phenoxy) is 1. The number of pyridine rings is 2. The van der Waals surface area contributed by atoms with Gasteiger partial charge < -0.3 is 24.6 Å². The highest BCUT2D eigenvalue weighted by Gasteiger charge is 2.51. The normalized spacial score (nSPS) is 23.9. The van der Waals surface area contributed by atoms with E-state index in [9.17, 15) is 19.6 Å². The van der Waals surface area contributed by atoms with Crippen LogP contribution in [0, 0.1) is 41.7 Å². The second-order valence-corrected chi connectivity index (χ2v) is 16.1. The summed E-state index contributed by atoms with van der Waals surface area (Å²) in [4.78, 5) is 25.2. The van der Waals surface area contributed by atoms with Crippen LogP contribution >= 0.6 is 23.2 Å². The first-order chi connectivity index (χ1) is 26.0. The number of aliphatic hydroxyl groups is 1. The highest BCUT2D eigenvalue weighted by molar-refractivity contribution is 6.43. The molecular weight excluding hydrogens is 733 g/mol. The number of carbonyl (C=O) groups excluding carboxylic acids is 1. The van der Waals surface area contributed by atoms with Gasteiger partial charge in [0.25, 0.3) is 0 Å². The number of fused-ring (bicyclic) bond motifs is 4. The minimum absolute atomic E-state index is 0.00278. The smallest absolute Gasteiger partial charge is 0.226 e. The number of likely N-dealkylation sites (tertiary alicyclic amines) is 1. The first kappa shape index (κ1) is 35.4. The monoisotopic (exact) mass is 770 g/mol. The Balaban J connectivity index is 1.29. The second-order valence-electron chi connectivity index (χ2n) is 15.3. The van der Waals surface area contributed by atoms with E-state index in [-0.39, 0.29) is 63.8 Å². The lowest BCUT2D eigenvalue weighted by Gasteiger charge is -2.39. The third-order valence-corrected chi connectivity index (χ3v) is 12.5. The van der Waals surface area contributed by atoms with Crippen LogP contribution in [0.1, 0.15) is 79.9 Å². The summed E-state index contributed by atoms with van der Waals surface area (Å²) in [5.41, 5.74) is 3.65. The number of carbonyl (C=O) groups is 1. The Labute approximate surface area is 320 Å². The van der Waals surface area contributed by atoms with Crippen molar-refractivity contribution in [3.63, 3.8) is 0 Å². The Morgan fingerprint density at radius 3 is 2.65 bits per heavy atom. The van der Waals surface area contributed by atoms with Gasteiger partial charge in [0.15, 0.2) is 5.82 Å². The fraction of sp³-hybridized carbons (Fsp3) is 0.415. The molecule has 3 aromatic heterocycles. The van der Waals surface area contributed by atoms with Crippen molar-refractivity contribution >= 4 is 50.9 Å². The molecule has 0 unspecified atom stereocenters. The topological polar surface area (TPSA) is 116 Å². The predicted octanol–water partition coefficient (Wildman–Crippen LogP) is 8.32. The first-order valence-corrected chi connectivity index (χ1v) is 19.3. The minimum Gasteiger partial charge on any atom is -0.472 e. The van der Waals surface area contributed by atoms with Gasteiger partial charge in [-0.15, -0.1) is 0 Å². The third kappa shape index (κ3) is 5.81. The summed E-state index contributed by atoms with van der Waals surface area (Å²) in [5, 5.41) is 26.2. The van der Waals surface area contributed by atoms with E-state index in [1.807, 2.05) is 17.0 Å². The van der Waals surface area contributed by atoms with Crippen LogP contribution in [-0.4, -0.2) is 55.7 Å². The van der Waals surface area contributed by atoms with Crippen LogP contribution < -0.4 is 10.1 Å². The van der Waals surface area contributed by atoms with E-state index in [1.54, 1.807) is 32.0 Å². The van der Waals surface area contributed by atoms with Gasteiger partial charge in [-0.3, -0.25) is 4.79 Å². The predicted molar refractivity (Wildman–Crippen MR) is 201 cm³/mol. The van der Waals surface area contributed by atoms with Crippen LogP contribution in [-0.2, 0) is 11.2 Å². The number of benzene rings is 2. The van der Waals surface area contributed by atoms with Gasteiger partial charge in [-0.25, -0.2) is 18.7 Å². The van der Waals surface area contributed by atoms with Crippen molar-refractivity contribution in [1.29, 1.82) is 5.26 Å². The molecule has 278 valence electrons. The first-order valence-electron chi connectivity index (χ1n) is 18.6. The number of nitrogens with zero attached hydrogens (tertiary/aromatic N) is 5. The van der Waals surface area contributed by atoms with E-state index in [0.717, 1.165) is 37.0 Å². The number of aliphatic hydroxyl groups excluding tert-OH is 1. The summed E-state index contributed by atoms with van der Waals surface area (Å²) < 4.78 is 40.3. The molecule has 3 aliphatic heterocycles. The largest absolute Gasteiger partial charge is 0.472 e. The van der Waals surface area contributed by atoms with Gasteiger partial charge in [-0.1, -0.05) is 35.3 Å². The van der Waals surface area contributed by atoms with Gasteiger partial charge in [-0.05, 0) is 75.3 Å². The maximum absolute atomic E-state index is 17.4. The molecule has 0 radical (unpaired) electrons. The van der Waals surface area contributed by atoms with Gasteiger partial charge >= 0.3 is 0 Å². The third-order valence-electron chi connectivity index (χ3n) is 11.7. The summed E-state index contributed by atoms with van der Waals surface area (Å²) in [6, 6.07) is 13.5. The zero-order valence-corrected chi connectivity index (χ0v) is 31.3. The number of amides is 1. The van der Waals surface area contributed by atoms with Gasteiger partial charge in [0, 0.05) is 70.7 Å². The molecule has 5 aliphatic rings. The molecule has 13 heteroatoms. The number of rotatable bonds is 9. The maximum atomic E-state index is 17.4. The quantitative estimate of drug-likeness (QED) is 0.155. The SMILES string of the molecule is Cc1cc(F)cc(O[C@H]2C[C@H](c3cc4c([C@@H](C)O)nc5c(F)c(-c6cccc(Cl)c6Cl)c(CCC#N)cc5c4n3[C@H]3[C@H]4CN[C@@H]3C4)N(C(=O)C3CC3)C2)n1. The highest BCUT2D eigenvalue weighted by atomic mass is 35.5. The summed E-state index contributed by atoms with van der Waals surface area (Å²) in [5.74, 6) is -0.609. The number of hydrogen-bond acceptors (Lipinski definition) is 7. The van der Waals surface area contributed by atoms with Crippen LogP contribution in [0.2, 0.25) is 10.0 Å². The lowest BCUT2D eigenvalue weighted by atomic mass is 9.79. The molecule has 54 heavy (non-hydrogen) atoms. The van der Waals surface area contributed by atoms with Gasteiger partial charge in [0.1, 0.15) is 17.4 Å². The molecular formula is C41H38Cl2F2N6O3. The second kappa shape index (κ2) is 13.4. The molecule has 6 atom stereocenters. The van der Waals surface area contributed by atoms with E-state index in [0.29, 0.717) is 52.2 Å². The average Bonchev–Trinajstić information content (AvgIpc) is 3.41. The Morgan fingerprint density at radius 2 is 1.96 bits per heavy atom. The van der Waals surface area contributed by atoms with E-state index >= 15 is 4.39 Å². The highest BCUT2D eigenvalue weighted by Crippen LogP contribution is 2.52. The lowest BCUT2D eigenvalue weighted by molar-refractivity contribution is -0.133. The Kier molecular flexibility index (Phi) is 8.81. The van der Waals surface area contributed by atoms with E-state index in [1.165, 1.54) is 12.1 Å². The fourth-order valence-electron chi connectivity index (χ4n) is 9.09. The van der Waals surface area contributed by atoms with E-state index < -0.39 is 29.9 Å². The number of hydrogen-bond donors (Lipinski definition) is 2. The molecule has 0 spiro atoms. The Hall–Kier alpha value is -4.34. The molecule has 2 aromatic carbocycles. The number of aryl methyl sites for hydroxylation is 2. The van der Waals surface area contributed by atoms with Crippen molar-refractivity contribution in [2.24, 2.45) is 11.8 Å². The van der Waals surface area contributed by atoms with Crippen molar-refractivity contribution in [1.82, 2.24) is 24.8 Å². The molecule has 9 nitrogen and oxygen atoms in total. The van der Waals surface area contributed by atoms with Crippen LogP contribution in [0.4, 0.5) is 8.78 Å². The van der Waals surface area contributed by atoms with Crippen molar-refractivity contribution < 1.29 is 23.4 Å². The number of halogens is 4. The summed E-state index contributed by atoms with van der Waals surface area (Å²) in [6.07, 6.45) is 1.94. The van der Waals surface area contributed by atoms with Gasteiger partial charge in [0.2, 0.25) is 11.8 Å². The molecule has 2 saturated carbocycles. The number of nitrogens with one attached hydrogen (secondary N) is 1. The molecule has 10 rings (SSSR count). The summed E-state index contributed by atoms with van der Waals surface area (Å²) in [6.45, 7) is 4.44. The van der Waals surface area contributed by atoms with Crippen LogP contribution in [0.15, 0.2) is 42.5 Å². The number of aromatic nitrogens is 3. The molecule has 3 saturated heterocycles. The van der Waals surface area contributed by atoms with Gasteiger partial charge in [0.05, 0.1) is 52.1 Å². The van der Waals surface area contributed by atoms with Crippen molar-refractivity contribution in [2.75, 3.05) is 13.1 Å². The van der Waals surface area contributed by atoms with Crippen molar-refractivity contribution in [3.05, 3.63) is 86.8 Å². The van der Waals surface area contributed by atoms with E-state index in [2.05, 4.69) is 20.9 Å². The molecule has 2 N–H and O–H groups in total. The zero-order chi connectivity index (χ0) is 37.6. The molecule has 1 amide bonds. The van der Waals surface area contributed by atoms with Crippen molar-refractivity contribution in [3.8, 4) is 23.1 Å². The van der Waals surface area contributed by atoms with Crippen LogP contribution in [0.5, 0.6) is 5.88 Å². The average molecular weight is 772 g/mol. The van der Waals surface area contributed by atoms with Crippen LogP contribution in [0.25, 0.3) is 32.9 Å². The van der Waals surface area contributed by atoms with Crippen LogP contribution in [0.3, 0.4) is 0 Å². The molecule has 5 fully saturated rings.